The van der Waals surface area contributed by atoms with E-state index in [2.05, 4.69) is 15.3 Å². The minimum absolute atomic E-state index is 0.276. The molecule has 1 heterocycles. The van der Waals surface area contributed by atoms with Crippen LogP contribution in [0.1, 0.15) is 35.3 Å². The van der Waals surface area contributed by atoms with E-state index in [1.165, 1.54) is 23.1 Å². The highest BCUT2D eigenvalue weighted by Crippen LogP contribution is 2.38. The van der Waals surface area contributed by atoms with Gasteiger partial charge in [0.1, 0.15) is 0 Å². The number of carbonyl (C=O) groups is 1. The van der Waals surface area contributed by atoms with E-state index in [9.17, 15) is 18.0 Å². The van der Waals surface area contributed by atoms with E-state index in [1.807, 2.05) is 0 Å². The summed E-state index contributed by atoms with van der Waals surface area (Å²) in [5.74, 6) is -0.829. The molecule has 10 heteroatoms. The molecule has 33 heavy (non-hydrogen) atoms. The molecule has 1 fully saturated rings. The molecule has 5 nitrogen and oxygen atoms in total. The van der Waals surface area contributed by atoms with Gasteiger partial charge in [-0.3, -0.25) is 9.69 Å². The maximum atomic E-state index is 13.9. The Morgan fingerprint density at radius 2 is 1.73 bits per heavy atom. The minimum Gasteiger partial charge on any atom is -0.352 e. The van der Waals surface area contributed by atoms with Crippen molar-refractivity contribution in [1.29, 1.82) is 0 Å². The Hall–Kier alpha value is -2.84. The Kier molecular flexibility index (Phi) is 6.76. The van der Waals surface area contributed by atoms with Gasteiger partial charge in [0.2, 0.25) is 5.95 Å². The van der Waals surface area contributed by atoms with E-state index in [4.69, 9.17) is 23.2 Å². The van der Waals surface area contributed by atoms with Gasteiger partial charge in [0.25, 0.3) is 5.91 Å². The molecule has 0 saturated heterocycles. The standard InChI is InChI=1S/C23H19Cl2F3N4O/c24-15-9-16(25)11-18(10-15)32(17-7-2-1-3-8-17)22-30-13-19(20(31-22)23(26,27)28)21(33)29-12-14-5-4-6-14/h1-3,7-11,13-14H,4-6,12H2,(H,29,33). The number of aromatic nitrogens is 2. The molecule has 2 aromatic carbocycles. The van der Waals surface area contributed by atoms with Crippen molar-refractivity contribution >= 4 is 46.4 Å². The molecular formula is C23H19Cl2F3N4O. The molecule has 1 amide bonds. The average Bonchev–Trinajstić information content (AvgIpc) is 2.72. The Morgan fingerprint density at radius 3 is 2.30 bits per heavy atom. The number of nitrogens with one attached hydrogen (secondary N) is 1. The van der Waals surface area contributed by atoms with Crippen molar-refractivity contribution in [1.82, 2.24) is 15.3 Å². The summed E-state index contributed by atoms with van der Waals surface area (Å²) in [5.41, 5.74) is -1.07. The molecule has 1 aliphatic rings. The molecule has 172 valence electrons. The zero-order valence-corrected chi connectivity index (χ0v) is 18.8. The van der Waals surface area contributed by atoms with E-state index in [1.54, 1.807) is 30.3 Å². The summed E-state index contributed by atoms with van der Waals surface area (Å²) in [5, 5.41) is 3.16. The molecule has 0 unspecified atom stereocenters. The second kappa shape index (κ2) is 9.57. The van der Waals surface area contributed by atoms with Crippen molar-refractivity contribution in [2.24, 2.45) is 5.92 Å². The molecule has 1 saturated carbocycles. The first kappa shape index (κ1) is 23.3. The van der Waals surface area contributed by atoms with Crippen molar-refractivity contribution < 1.29 is 18.0 Å². The van der Waals surface area contributed by atoms with Crippen molar-refractivity contribution in [3.05, 3.63) is 76.0 Å². The molecular weight excluding hydrogens is 476 g/mol. The average molecular weight is 495 g/mol. The first-order valence-electron chi connectivity index (χ1n) is 10.3. The molecule has 1 aliphatic carbocycles. The molecule has 1 N–H and O–H groups in total. The summed E-state index contributed by atoms with van der Waals surface area (Å²) >= 11 is 12.3. The van der Waals surface area contributed by atoms with E-state index in [-0.39, 0.29) is 5.95 Å². The predicted octanol–water partition coefficient (Wildman–Crippen LogP) is 6.80. The fourth-order valence-corrected chi connectivity index (χ4v) is 4.03. The third-order valence-corrected chi connectivity index (χ3v) is 5.82. The zero-order chi connectivity index (χ0) is 23.6. The van der Waals surface area contributed by atoms with Crippen molar-refractivity contribution in [2.75, 3.05) is 11.4 Å². The number of para-hydroxylation sites is 1. The van der Waals surface area contributed by atoms with Gasteiger partial charge >= 0.3 is 6.18 Å². The summed E-state index contributed by atoms with van der Waals surface area (Å²) in [4.78, 5) is 21.8. The summed E-state index contributed by atoms with van der Waals surface area (Å²) in [7, 11) is 0. The van der Waals surface area contributed by atoms with E-state index >= 15 is 0 Å². The number of hydrogen-bond donors (Lipinski definition) is 1. The monoisotopic (exact) mass is 494 g/mol. The lowest BCUT2D eigenvalue weighted by atomic mass is 9.85. The fourth-order valence-electron chi connectivity index (χ4n) is 3.52. The van der Waals surface area contributed by atoms with Gasteiger partial charge < -0.3 is 5.32 Å². The summed E-state index contributed by atoms with van der Waals surface area (Å²) in [6.45, 7) is 0.328. The third-order valence-electron chi connectivity index (χ3n) is 5.39. The number of halogens is 5. The van der Waals surface area contributed by atoms with Gasteiger partial charge in [0, 0.05) is 28.5 Å². The van der Waals surface area contributed by atoms with Gasteiger partial charge in [0.15, 0.2) is 5.69 Å². The number of anilines is 3. The molecule has 3 aromatic rings. The van der Waals surface area contributed by atoms with Crippen molar-refractivity contribution in [3.8, 4) is 0 Å². The number of benzene rings is 2. The van der Waals surface area contributed by atoms with E-state index in [0.717, 1.165) is 25.5 Å². The van der Waals surface area contributed by atoms with E-state index < -0.39 is 23.3 Å². The molecule has 0 spiro atoms. The van der Waals surface area contributed by atoms with Crippen molar-refractivity contribution in [3.63, 3.8) is 0 Å². The second-order valence-corrected chi connectivity index (χ2v) is 8.61. The Morgan fingerprint density at radius 1 is 1.06 bits per heavy atom. The summed E-state index contributed by atoms with van der Waals surface area (Å²) in [6.07, 6.45) is -0.986. The highest BCUT2D eigenvalue weighted by Gasteiger charge is 2.39. The van der Waals surface area contributed by atoms with Crippen LogP contribution in [0.25, 0.3) is 0 Å². The number of amides is 1. The quantitative estimate of drug-likeness (QED) is 0.409. The second-order valence-electron chi connectivity index (χ2n) is 7.74. The summed E-state index contributed by atoms with van der Waals surface area (Å²) < 4.78 is 41.8. The molecule has 4 rings (SSSR count). The predicted molar refractivity (Wildman–Crippen MR) is 121 cm³/mol. The van der Waals surface area contributed by atoms with Crippen LogP contribution >= 0.6 is 23.2 Å². The number of carbonyl (C=O) groups excluding carboxylic acids is 1. The van der Waals surface area contributed by atoms with Crippen LogP contribution in [0.2, 0.25) is 10.0 Å². The zero-order valence-electron chi connectivity index (χ0n) is 17.2. The van der Waals surface area contributed by atoms with Gasteiger partial charge in [-0.05, 0) is 49.1 Å². The first-order chi connectivity index (χ1) is 15.7. The largest absolute Gasteiger partial charge is 0.434 e. The first-order valence-corrected chi connectivity index (χ1v) is 11.0. The topological polar surface area (TPSA) is 58.1 Å². The molecule has 0 aliphatic heterocycles. The fraction of sp³-hybridized carbons (Fsp3) is 0.261. The highest BCUT2D eigenvalue weighted by molar-refractivity contribution is 6.35. The van der Waals surface area contributed by atoms with Crippen LogP contribution in [0.3, 0.4) is 0 Å². The number of alkyl halides is 3. The van der Waals surface area contributed by atoms with Gasteiger partial charge in [-0.15, -0.1) is 0 Å². The Bertz CT molecular complexity index is 1130. The van der Waals surface area contributed by atoms with Crippen LogP contribution < -0.4 is 10.2 Å². The molecule has 0 radical (unpaired) electrons. The maximum Gasteiger partial charge on any atom is 0.434 e. The van der Waals surface area contributed by atoms with E-state index in [0.29, 0.717) is 33.9 Å². The van der Waals surface area contributed by atoms with Gasteiger partial charge in [-0.1, -0.05) is 47.8 Å². The number of hydrogen-bond acceptors (Lipinski definition) is 4. The minimum atomic E-state index is -4.87. The van der Waals surface area contributed by atoms with Gasteiger partial charge in [-0.25, -0.2) is 9.97 Å². The lowest BCUT2D eigenvalue weighted by Gasteiger charge is -2.26. The van der Waals surface area contributed by atoms with Crippen LogP contribution in [0.15, 0.2) is 54.7 Å². The van der Waals surface area contributed by atoms with Crippen LogP contribution in [-0.2, 0) is 6.18 Å². The maximum absolute atomic E-state index is 13.9. The number of nitrogens with zero attached hydrogens (tertiary/aromatic N) is 3. The summed E-state index contributed by atoms with van der Waals surface area (Å²) in [6, 6.07) is 13.2. The normalized spacial score (nSPS) is 14.0. The third kappa shape index (κ3) is 5.39. The van der Waals surface area contributed by atoms with Crippen LogP contribution in [-0.4, -0.2) is 22.4 Å². The van der Waals surface area contributed by atoms with Gasteiger partial charge in [0.05, 0.1) is 11.3 Å². The van der Waals surface area contributed by atoms with Gasteiger partial charge in [-0.2, -0.15) is 13.2 Å². The Balaban J connectivity index is 1.78. The van der Waals surface area contributed by atoms with Crippen molar-refractivity contribution in [2.45, 2.75) is 25.4 Å². The molecule has 1 aromatic heterocycles. The van der Waals surface area contributed by atoms with Crippen LogP contribution in [0.4, 0.5) is 30.5 Å². The number of rotatable bonds is 6. The lowest BCUT2D eigenvalue weighted by Crippen LogP contribution is -2.34. The molecule has 0 bridgehead atoms. The smallest absolute Gasteiger partial charge is 0.352 e. The van der Waals surface area contributed by atoms with Crippen LogP contribution in [0, 0.1) is 5.92 Å². The lowest BCUT2D eigenvalue weighted by molar-refractivity contribution is -0.141. The SMILES string of the molecule is O=C(NCC1CCC1)c1cnc(N(c2ccccc2)c2cc(Cl)cc(Cl)c2)nc1C(F)(F)F. The Labute approximate surface area is 198 Å². The van der Waals surface area contributed by atoms with Crippen LogP contribution in [0.5, 0.6) is 0 Å². The molecule has 0 atom stereocenters. The highest BCUT2D eigenvalue weighted by atomic mass is 35.5.